The summed E-state index contributed by atoms with van der Waals surface area (Å²) in [5.74, 6) is 0. The van der Waals surface area contributed by atoms with E-state index in [2.05, 4.69) is 90.1 Å². The number of fused-ring (bicyclic) bond motifs is 1. The Morgan fingerprint density at radius 3 is 2.08 bits per heavy atom. The predicted octanol–water partition coefficient (Wildman–Crippen LogP) is 6.87. The van der Waals surface area contributed by atoms with Gasteiger partial charge in [-0.25, -0.2) is 0 Å². The van der Waals surface area contributed by atoms with Crippen LogP contribution in [-0.2, 0) is 0 Å². The molecule has 0 saturated carbocycles. The van der Waals surface area contributed by atoms with E-state index in [1.54, 1.807) is 6.08 Å². The van der Waals surface area contributed by atoms with Crippen molar-refractivity contribution in [1.29, 1.82) is 0 Å². The summed E-state index contributed by atoms with van der Waals surface area (Å²) in [5, 5.41) is 4.69. The van der Waals surface area contributed by atoms with Crippen LogP contribution in [0.5, 0.6) is 0 Å². The number of anilines is 2. The molecule has 0 radical (unpaired) electrons. The van der Waals surface area contributed by atoms with Crippen LogP contribution in [0.4, 0.5) is 11.4 Å². The Hall–Kier alpha value is -3.26. The summed E-state index contributed by atoms with van der Waals surface area (Å²) in [6.07, 6.45) is 1.75. The van der Waals surface area contributed by atoms with E-state index >= 15 is 0 Å². The average molecular weight is 340 g/mol. The third-order valence-corrected chi connectivity index (χ3v) is 4.08. The monoisotopic (exact) mass is 340 g/mol. The van der Waals surface area contributed by atoms with E-state index in [1.807, 2.05) is 25.1 Å². The maximum Gasteiger partial charge on any atom is 0.0531 e. The minimum Gasteiger partial charge on any atom is -0.356 e. The van der Waals surface area contributed by atoms with Gasteiger partial charge in [-0.1, -0.05) is 42.5 Å². The van der Waals surface area contributed by atoms with E-state index in [-0.39, 0.29) is 0 Å². The first-order valence-corrected chi connectivity index (χ1v) is 8.79. The highest BCUT2D eigenvalue weighted by Crippen LogP contribution is 2.25. The molecule has 0 aliphatic carbocycles. The second-order valence-corrected chi connectivity index (χ2v) is 6.13. The molecule has 1 aromatic heterocycles. The highest BCUT2D eigenvalue weighted by atomic mass is 15.0. The first-order valence-electron chi connectivity index (χ1n) is 8.79. The quantitative estimate of drug-likeness (QED) is 0.402. The highest BCUT2D eigenvalue weighted by Gasteiger charge is 2.06. The zero-order chi connectivity index (χ0) is 18.4. The molecule has 0 spiro atoms. The molecule has 2 nitrogen and oxygen atoms in total. The van der Waals surface area contributed by atoms with Gasteiger partial charge in [0.25, 0.3) is 0 Å². The van der Waals surface area contributed by atoms with Crippen LogP contribution >= 0.6 is 0 Å². The summed E-state index contributed by atoms with van der Waals surface area (Å²) in [6.45, 7) is 7.40. The van der Waals surface area contributed by atoms with E-state index in [9.17, 15) is 0 Å². The number of aromatic nitrogens is 1. The number of para-hydroxylation sites is 2. The molecule has 0 unspecified atom stereocenters. The number of benzene rings is 3. The van der Waals surface area contributed by atoms with E-state index < -0.39 is 0 Å². The first kappa shape index (κ1) is 17.6. The van der Waals surface area contributed by atoms with Crippen molar-refractivity contribution >= 4 is 22.3 Å². The summed E-state index contributed by atoms with van der Waals surface area (Å²) in [5.41, 5.74) is 5.86. The number of nitrogens with zero attached hydrogens (tertiary/aromatic N) is 1. The van der Waals surface area contributed by atoms with Gasteiger partial charge in [0.05, 0.1) is 5.52 Å². The van der Waals surface area contributed by atoms with Crippen molar-refractivity contribution in [2.45, 2.75) is 13.8 Å². The van der Waals surface area contributed by atoms with Gasteiger partial charge in [0.2, 0.25) is 0 Å². The molecule has 4 rings (SSSR count). The van der Waals surface area contributed by atoms with Crippen LogP contribution in [-0.4, -0.2) is 4.57 Å². The Labute approximate surface area is 155 Å². The van der Waals surface area contributed by atoms with E-state index in [0.717, 1.165) is 11.4 Å². The fourth-order valence-corrected chi connectivity index (χ4v) is 3.02. The number of hydrogen-bond acceptors (Lipinski definition) is 1. The normalized spacial score (nSPS) is 10.1. The van der Waals surface area contributed by atoms with Crippen molar-refractivity contribution in [3.63, 3.8) is 0 Å². The summed E-state index contributed by atoms with van der Waals surface area (Å²) in [7, 11) is 0. The van der Waals surface area contributed by atoms with E-state index in [4.69, 9.17) is 0 Å². The molecule has 0 aliphatic heterocycles. The van der Waals surface area contributed by atoms with Gasteiger partial charge in [0.1, 0.15) is 0 Å². The van der Waals surface area contributed by atoms with Gasteiger partial charge in [-0.2, -0.15) is 0 Å². The Morgan fingerprint density at radius 2 is 1.38 bits per heavy atom. The van der Waals surface area contributed by atoms with Gasteiger partial charge in [0, 0.05) is 28.1 Å². The van der Waals surface area contributed by atoms with Crippen molar-refractivity contribution in [3.05, 3.63) is 103 Å². The van der Waals surface area contributed by atoms with Gasteiger partial charge >= 0.3 is 0 Å². The summed E-state index contributed by atoms with van der Waals surface area (Å²) < 4.78 is 2.29. The van der Waals surface area contributed by atoms with E-state index in [0.29, 0.717) is 0 Å². The number of allylic oxidation sites excluding steroid dienone is 1. The van der Waals surface area contributed by atoms with Crippen molar-refractivity contribution in [2.24, 2.45) is 0 Å². The van der Waals surface area contributed by atoms with Crippen molar-refractivity contribution in [1.82, 2.24) is 4.57 Å². The minimum atomic E-state index is 1.09. The molecular formula is C24H24N2. The maximum absolute atomic E-state index is 3.42. The third kappa shape index (κ3) is 3.86. The molecule has 0 amide bonds. The van der Waals surface area contributed by atoms with Gasteiger partial charge in [-0.3, -0.25) is 0 Å². The molecule has 3 aromatic carbocycles. The SMILES string of the molecule is C=CC.Cc1cc2ccccc2n1-c1ccc(Nc2ccccc2)cc1. The standard InChI is InChI=1S/C21H18N2.C3H6/c1-16-15-17-7-5-6-10-21(17)23(16)20-13-11-19(12-14-20)22-18-8-3-2-4-9-18;1-3-2/h2-15,22H,1H3;3H,1H2,2H3. The number of rotatable bonds is 3. The summed E-state index contributed by atoms with van der Waals surface area (Å²) >= 11 is 0. The molecule has 0 atom stereocenters. The molecule has 0 fully saturated rings. The smallest absolute Gasteiger partial charge is 0.0531 e. The van der Waals surface area contributed by atoms with E-state index in [1.165, 1.54) is 22.3 Å². The van der Waals surface area contributed by atoms with Crippen LogP contribution in [0.3, 0.4) is 0 Å². The second-order valence-electron chi connectivity index (χ2n) is 6.13. The fraction of sp³-hybridized carbons (Fsp3) is 0.0833. The number of nitrogens with one attached hydrogen (secondary N) is 1. The zero-order valence-corrected chi connectivity index (χ0v) is 15.3. The molecule has 130 valence electrons. The number of aryl methyl sites for hydroxylation is 1. The molecule has 0 saturated heterocycles. The van der Waals surface area contributed by atoms with Gasteiger partial charge < -0.3 is 9.88 Å². The lowest BCUT2D eigenvalue weighted by Crippen LogP contribution is -1.96. The molecule has 1 N–H and O–H groups in total. The molecule has 0 aliphatic rings. The average Bonchev–Trinajstić information content (AvgIpc) is 3.00. The lowest BCUT2D eigenvalue weighted by Gasteiger charge is -2.11. The van der Waals surface area contributed by atoms with Crippen LogP contribution < -0.4 is 5.32 Å². The Kier molecular flexibility index (Phi) is 5.55. The first-order chi connectivity index (χ1) is 12.7. The summed E-state index contributed by atoms with van der Waals surface area (Å²) in [4.78, 5) is 0. The van der Waals surface area contributed by atoms with Crippen molar-refractivity contribution < 1.29 is 0 Å². The topological polar surface area (TPSA) is 17.0 Å². The Morgan fingerprint density at radius 1 is 0.808 bits per heavy atom. The zero-order valence-electron chi connectivity index (χ0n) is 15.3. The number of hydrogen-bond donors (Lipinski definition) is 1. The minimum absolute atomic E-state index is 1.09. The van der Waals surface area contributed by atoms with Crippen LogP contribution in [0, 0.1) is 6.92 Å². The van der Waals surface area contributed by atoms with Gasteiger partial charge in [-0.15, -0.1) is 6.58 Å². The fourth-order valence-electron chi connectivity index (χ4n) is 3.02. The molecule has 2 heteroatoms. The highest BCUT2D eigenvalue weighted by molar-refractivity contribution is 5.83. The van der Waals surface area contributed by atoms with Crippen LogP contribution in [0.25, 0.3) is 16.6 Å². The van der Waals surface area contributed by atoms with Crippen LogP contribution in [0.2, 0.25) is 0 Å². The predicted molar refractivity (Wildman–Crippen MR) is 114 cm³/mol. The maximum atomic E-state index is 3.42. The lowest BCUT2D eigenvalue weighted by atomic mass is 10.2. The molecule has 26 heavy (non-hydrogen) atoms. The van der Waals surface area contributed by atoms with Crippen LogP contribution in [0.15, 0.2) is 97.6 Å². The molecule has 4 aromatic rings. The van der Waals surface area contributed by atoms with Gasteiger partial charge in [0.15, 0.2) is 0 Å². The van der Waals surface area contributed by atoms with Crippen LogP contribution in [0.1, 0.15) is 12.6 Å². The third-order valence-electron chi connectivity index (χ3n) is 4.08. The summed E-state index contributed by atoms with van der Waals surface area (Å²) in [6, 6.07) is 29.5. The molecule has 0 bridgehead atoms. The Bertz CT molecular complexity index is 980. The lowest BCUT2D eigenvalue weighted by molar-refractivity contribution is 1.05. The van der Waals surface area contributed by atoms with Crippen molar-refractivity contribution in [3.8, 4) is 5.69 Å². The molecular weight excluding hydrogens is 316 g/mol. The van der Waals surface area contributed by atoms with Crippen molar-refractivity contribution in [2.75, 3.05) is 5.32 Å². The Balaban J connectivity index is 0.000000613. The molecule has 1 heterocycles. The van der Waals surface area contributed by atoms with Gasteiger partial charge in [-0.05, 0) is 62.4 Å². The largest absolute Gasteiger partial charge is 0.356 e. The second kappa shape index (κ2) is 8.21.